The molecular weight excluding hydrogens is 247 g/mol. The maximum atomic E-state index is 13.7. The van der Waals surface area contributed by atoms with Gasteiger partial charge in [0.05, 0.1) is 11.2 Å². The van der Waals surface area contributed by atoms with E-state index < -0.39 is 0 Å². The number of halogens is 1. The third-order valence-electron chi connectivity index (χ3n) is 3.24. The van der Waals surface area contributed by atoms with E-state index in [0.717, 1.165) is 17.8 Å². The molecule has 2 nitrogen and oxygen atoms in total. The molecule has 4 heteroatoms. The fourth-order valence-electron chi connectivity index (χ4n) is 2.12. The lowest BCUT2D eigenvalue weighted by atomic mass is 10.2. The molecule has 0 N–H and O–H groups in total. The Bertz CT molecular complexity index is 508. The largest absolute Gasteiger partial charge is 0.290 e. The van der Waals surface area contributed by atoms with E-state index in [-0.39, 0.29) is 5.82 Å². The van der Waals surface area contributed by atoms with Crippen LogP contribution in [0.4, 0.5) is 4.39 Å². The van der Waals surface area contributed by atoms with Gasteiger partial charge in [-0.3, -0.25) is 4.90 Å². The third-order valence-corrected chi connectivity index (χ3v) is 3.88. The average Bonchev–Trinajstić information content (AvgIpc) is 3.10. The van der Waals surface area contributed by atoms with Crippen LogP contribution in [-0.4, -0.2) is 15.9 Å². The van der Waals surface area contributed by atoms with E-state index in [1.54, 1.807) is 17.4 Å². The number of hydrogen-bond acceptors (Lipinski definition) is 3. The van der Waals surface area contributed by atoms with Gasteiger partial charge in [-0.1, -0.05) is 18.2 Å². The molecule has 1 saturated carbocycles. The van der Waals surface area contributed by atoms with Crippen LogP contribution in [0.1, 0.15) is 24.1 Å². The number of rotatable bonds is 5. The zero-order valence-electron chi connectivity index (χ0n) is 10.1. The number of aromatic nitrogens is 1. The van der Waals surface area contributed by atoms with E-state index in [2.05, 4.69) is 15.3 Å². The molecule has 0 unspecified atom stereocenters. The minimum atomic E-state index is -0.110. The molecule has 1 fully saturated rings. The normalized spacial score (nSPS) is 15.2. The first-order chi connectivity index (χ1) is 8.83. The first kappa shape index (κ1) is 11.8. The number of nitrogens with zero attached hydrogens (tertiary/aromatic N) is 2. The van der Waals surface area contributed by atoms with E-state index in [4.69, 9.17) is 0 Å². The van der Waals surface area contributed by atoms with Gasteiger partial charge in [-0.15, -0.1) is 11.3 Å². The molecule has 0 saturated heterocycles. The topological polar surface area (TPSA) is 16.1 Å². The molecule has 1 aliphatic rings. The smallest absolute Gasteiger partial charge is 0.127 e. The highest BCUT2D eigenvalue weighted by Crippen LogP contribution is 2.30. The quantitative estimate of drug-likeness (QED) is 0.820. The lowest BCUT2D eigenvalue weighted by Crippen LogP contribution is -2.25. The zero-order valence-corrected chi connectivity index (χ0v) is 10.9. The van der Waals surface area contributed by atoms with Crippen molar-refractivity contribution >= 4 is 11.3 Å². The molecule has 0 amide bonds. The molecule has 2 aromatic rings. The molecule has 0 bridgehead atoms. The fourth-order valence-corrected chi connectivity index (χ4v) is 2.67. The Labute approximate surface area is 110 Å². The number of hydrogen-bond donors (Lipinski definition) is 0. The highest BCUT2D eigenvalue weighted by Gasteiger charge is 2.29. The van der Waals surface area contributed by atoms with Crippen LogP contribution in [0.15, 0.2) is 35.2 Å². The van der Waals surface area contributed by atoms with Crippen molar-refractivity contribution in [1.82, 2.24) is 9.88 Å². The van der Waals surface area contributed by atoms with Crippen molar-refractivity contribution in [3.63, 3.8) is 0 Å². The van der Waals surface area contributed by atoms with Crippen molar-refractivity contribution < 1.29 is 4.39 Å². The summed E-state index contributed by atoms with van der Waals surface area (Å²) < 4.78 is 13.7. The van der Waals surface area contributed by atoms with Crippen LogP contribution in [0.5, 0.6) is 0 Å². The Morgan fingerprint density at radius 1 is 1.28 bits per heavy atom. The molecule has 0 radical (unpaired) electrons. The predicted octanol–water partition coefficient (Wildman–Crippen LogP) is 3.45. The van der Waals surface area contributed by atoms with Crippen molar-refractivity contribution in [2.75, 3.05) is 0 Å². The molecule has 1 aliphatic carbocycles. The monoisotopic (exact) mass is 262 g/mol. The van der Waals surface area contributed by atoms with Crippen LogP contribution in [0.2, 0.25) is 0 Å². The first-order valence-electron chi connectivity index (χ1n) is 6.17. The molecule has 0 aliphatic heterocycles. The van der Waals surface area contributed by atoms with Gasteiger partial charge < -0.3 is 0 Å². The molecule has 1 heterocycles. The van der Waals surface area contributed by atoms with Gasteiger partial charge in [0, 0.05) is 30.1 Å². The summed E-state index contributed by atoms with van der Waals surface area (Å²) in [5, 5.41) is 2.07. The van der Waals surface area contributed by atoms with Crippen LogP contribution in [0.3, 0.4) is 0 Å². The highest BCUT2D eigenvalue weighted by molar-refractivity contribution is 7.07. The molecule has 1 aromatic carbocycles. The summed E-state index contributed by atoms with van der Waals surface area (Å²) >= 11 is 1.61. The second kappa shape index (κ2) is 5.16. The van der Waals surface area contributed by atoms with Gasteiger partial charge in [0.2, 0.25) is 0 Å². The zero-order chi connectivity index (χ0) is 12.4. The summed E-state index contributed by atoms with van der Waals surface area (Å²) in [4.78, 5) is 6.64. The van der Waals surface area contributed by atoms with Crippen LogP contribution >= 0.6 is 11.3 Å². The lowest BCUT2D eigenvalue weighted by molar-refractivity contribution is 0.240. The Kier molecular flexibility index (Phi) is 3.39. The molecule has 0 spiro atoms. The first-order valence-corrected chi connectivity index (χ1v) is 7.12. The molecule has 18 heavy (non-hydrogen) atoms. The summed E-state index contributed by atoms with van der Waals surface area (Å²) in [7, 11) is 0. The van der Waals surface area contributed by atoms with Gasteiger partial charge in [-0.25, -0.2) is 9.37 Å². The maximum Gasteiger partial charge on any atom is 0.127 e. The second-order valence-corrected chi connectivity index (χ2v) is 5.43. The van der Waals surface area contributed by atoms with Gasteiger partial charge in [0.25, 0.3) is 0 Å². The van der Waals surface area contributed by atoms with Crippen LogP contribution in [0.25, 0.3) is 0 Å². The van der Waals surface area contributed by atoms with E-state index in [0.29, 0.717) is 12.6 Å². The highest BCUT2D eigenvalue weighted by atomic mass is 32.1. The summed E-state index contributed by atoms with van der Waals surface area (Å²) in [6.45, 7) is 1.50. The summed E-state index contributed by atoms with van der Waals surface area (Å²) in [5.41, 5.74) is 3.71. The summed E-state index contributed by atoms with van der Waals surface area (Å²) in [5.74, 6) is -0.110. The second-order valence-electron chi connectivity index (χ2n) is 4.71. The van der Waals surface area contributed by atoms with E-state index in [9.17, 15) is 4.39 Å². The Morgan fingerprint density at radius 2 is 2.11 bits per heavy atom. The average molecular weight is 262 g/mol. The summed E-state index contributed by atoms with van der Waals surface area (Å²) in [6, 6.07) is 7.63. The molecule has 3 rings (SSSR count). The van der Waals surface area contributed by atoms with Gasteiger partial charge in [0.15, 0.2) is 0 Å². The van der Waals surface area contributed by atoms with Crippen LogP contribution in [0, 0.1) is 5.82 Å². The third kappa shape index (κ3) is 2.76. The standard InChI is InChI=1S/C14H15FN2S/c15-14-4-2-1-3-11(14)7-17(13-5-6-13)8-12-9-18-10-16-12/h1-4,9-10,13H,5-8H2. The molecule has 1 aromatic heterocycles. The van der Waals surface area contributed by atoms with Crippen LogP contribution in [-0.2, 0) is 13.1 Å². The number of benzene rings is 1. The predicted molar refractivity (Wildman–Crippen MR) is 70.8 cm³/mol. The Hall–Kier alpha value is -1.26. The van der Waals surface area contributed by atoms with Crippen molar-refractivity contribution in [1.29, 1.82) is 0 Å². The fraction of sp³-hybridized carbons (Fsp3) is 0.357. The SMILES string of the molecule is Fc1ccccc1CN(Cc1cscn1)C1CC1. The van der Waals surface area contributed by atoms with E-state index in [1.807, 2.05) is 17.6 Å². The molecule has 0 atom stereocenters. The van der Waals surface area contributed by atoms with Gasteiger partial charge in [-0.05, 0) is 18.9 Å². The maximum absolute atomic E-state index is 13.7. The molecule has 94 valence electrons. The minimum Gasteiger partial charge on any atom is -0.290 e. The lowest BCUT2D eigenvalue weighted by Gasteiger charge is -2.21. The van der Waals surface area contributed by atoms with Crippen LogP contribution < -0.4 is 0 Å². The van der Waals surface area contributed by atoms with Crippen molar-refractivity contribution in [2.45, 2.75) is 32.0 Å². The van der Waals surface area contributed by atoms with Crippen molar-refractivity contribution in [2.24, 2.45) is 0 Å². The summed E-state index contributed by atoms with van der Waals surface area (Å²) in [6.07, 6.45) is 2.44. The Balaban J connectivity index is 1.73. The van der Waals surface area contributed by atoms with Gasteiger partial charge in [0.1, 0.15) is 5.82 Å². The van der Waals surface area contributed by atoms with E-state index >= 15 is 0 Å². The van der Waals surface area contributed by atoms with Crippen molar-refractivity contribution in [3.8, 4) is 0 Å². The number of thiazole rings is 1. The van der Waals surface area contributed by atoms with Gasteiger partial charge in [-0.2, -0.15) is 0 Å². The van der Waals surface area contributed by atoms with Crippen molar-refractivity contribution in [3.05, 3.63) is 52.2 Å². The van der Waals surface area contributed by atoms with Gasteiger partial charge >= 0.3 is 0 Å². The molecular formula is C14H15FN2S. The minimum absolute atomic E-state index is 0.110. The Morgan fingerprint density at radius 3 is 2.78 bits per heavy atom. The van der Waals surface area contributed by atoms with E-state index in [1.165, 1.54) is 18.9 Å².